The van der Waals surface area contributed by atoms with Crippen molar-refractivity contribution in [1.29, 1.82) is 0 Å². The molecule has 0 unspecified atom stereocenters. The highest BCUT2D eigenvalue weighted by molar-refractivity contribution is 7.26. The second-order valence-corrected chi connectivity index (χ2v) is 8.17. The van der Waals surface area contributed by atoms with Crippen LogP contribution in [0.2, 0.25) is 0 Å². The van der Waals surface area contributed by atoms with Crippen LogP contribution in [0.25, 0.3) is 20.1 Å². The van der Waals surface area contributed by atoms with Gasteiger partial charge < -0.3 is 10.1 Å². The molecule has 28 heavy (non-hydrogen) atoms. The fourth-order valence-electron chi connectivity index (χ4n) is 2.27. The van der Waals surface area contributed by atoms with Gasteiger partial charge in [-0.1, -0.05) is 19.1 Å². The Labute approximate surface area is 169 Å². The summed E-state index contributed by atoms with van der Waals surface area (Å²) in [5.74, 6) is -1.30. The van der Waals surface area contributed by atoms with Gasteiger partial charge in [0.1, 0.15) is 9.88 Å². The molecule has 2 N–H and O–H groups in total. The molecule has 2 heterocycles. The van der Waals surface area contributed by atoms with E-state index in [-0.39, 0.29) is 6.04 Å². The molecule has 9 heteroatoms. The van der Waals surface area contributed by atoms with E-state index < -0.39 is 24.5 Å². The van der Waals surface area contributed by atoms with Crippen molar-refractivity contribution in [2.45, 2.75) is 26.3 Å². The SMILES string of the molecule is CC[C@@H](C)NC(=O)NC(=O)COC(=O)c1ccc(-c2nc3ccccc3s2)s1. The number of ether oxygens (including phenoxy) is 1. The summed E-state index contributed by atoms with van der Waals surface area (Å²) in [5, 5.41) is 5.55. The number of carbonyl (C=O) groups excluding carboxylic acids is 3. The molecule has 0 aliphatic rings. The first-order valence-corrected chi connectivity index (χ1v) is 10.3. The summed E-state index contributed by atoms with van der Waals surface area (Å²) in [6.45, 7) is 3.21. The molecule has 7 nitrogen and oxygen atoms in total. The van der Waals surface area contributed by atoms with Crippen molar-refractivity contribution in [1.82, 2.24) is 15.6 Å². The van der Waals surface area contributed by atoms with Crippen molar-refractivity contribution in [3.8, 4) is 9.88 Å². The zero-order valence-electron chi connectivity index (χ0n) is 15.4. The van der Waals surface area contributed by atoms with Crippen LogP contribution >= 0.6 is 22.7 Å². The molecule has 0 radical (unpaired) electrons. The van der Waals surface area contributed by atoms with E-state index in [1.807, 2.05) is 38.1 Å². The van der Waals surface area contributed by atoms with Crippen LogP contribution in [0.5, 0.6) is 0 Å². The topological polar surface area (TPSA) is 97.4 Å². The number of benzene rings is 1. The molecule has 3 amide bonds. The molecule has 2 aromatic heterocycles. The molecule has 0 bridgehead atoms. The summed E-state index contributed by atoms with van der Waals surface area (Å²) >= 11 is 2.79. The number of nitrogens with one attached hydrogen (secondary N) is 2. The Morgan fingerprint density at radius 1 is 1.14 bits per heavy atom. The third-order valence-corrected chi connectivity index (χ3v) is 6.16. The maximum absolute atomic E-state index is 12.2. The first-order valence-electron chi connectivity index (χ1n) is 8.69. The molecule has 0 saturated heterocycles. The van der Waals surface area contributed by atoms with E-state index in [0.29, 0.717) is 4.88 Å². The fourth-order valence-corrected chi connectivity index (χ4v) is 4.19. The van der Waals surface area contributed by atoms with Crippen molar-refractivity contribution in [2.75, 3.05) is 6.61 Å². The van der Waals surface area contributed by atoms with Gasteiger partial charge in [0.15, 0.2) is 6.61 Å². The van der Waals surface area contributed by atoms with Gasteiger partial charge in [0.2, 0.25) is 0 Å². The largest absolute Gasteiger partial charge is 0.451 e. The number of para-hydroxylation sites is 1. The minimum absolute atomic E-state index is 0.0533. The number of urea groups is 1. The number of hydrogen-bond acceptors (Lipinski definition) is 7. The fraction of sp³-hybridized carbons (Fsp3) is 0.263. The van der Waals surface area contributed by atoms with Crippen LogP contribution < -0.4 is 10.6 Å². The number of rotatable bonds is 6. The van der Waals surface area contributed by atoms with Gasteiger partial charge in [-0.15, -0.1) is 22.7 Å². The van der Waals surface area contributed by atoms with Crippen LogP contribution in [0, 0.1) is 0 Å². The second kappa shape index (κ2) is 8.94. The lowest BCUT2D eigenvalue weighted by atomic mass is 10.3. The van der Waals surface area contributed by atoms with Crippen molar-refractivity contribution >= 4 is 50.8 Å². The number of fused-ring (bicyclic) bond motifs is 1. The van der Waals surface area contributed by atoms with E-state index in [1.165, 1.54) is 11.3 Å². The number of imide groups is 1. The van der Waals surface area contributed by atoms with Gasteiger partial charge in [-0.25, -0.2) is 14.6 Å². The zero-order chi connectivity index (χ0) is 20.1. The van der Waals surface area contributed by atoms with E-state index >= 15 is 0 Å². The molecule has 146 valence electrons. The van der Waals surface area contributed by atoms with Crippen molar-refractivity contribution < 1.29 is 19.1 Å². The summed E-state index contributed by atoms with van der Waals surface area (Å²) in [4.78, 5) is 41.3. The Morgan fingerprint density at radius 2 is 1.93 bits per heavy atom. The van der Waals surface area contributed by atoms with Gasteiger partial charge in [-0.05, 0) is 37.6 Å². The summed E-state index contributed by atoms with van der Waals surface area (Å²) in [6.07, 6.45) is 0.742. The van der Waals surface area contributed by atoms with E-state index in [9.17, 15) is 14.4 Å². The van der Waals surface area contributed by atoms with Gasteiger partial charge in [-0.2, -0.15) is 0 Å². The normalized spacial score (nSPS) is 11.8. The molecule has 0 spiro atoms. The van der Waals surface area contributed by atoms with Crippen LogP contribution in [0.1, 0.15) is 29.9 Å². The average Bonchev–Trinajstić information content (AvgIpc) is 3.32. The summed E-state index contributed by atoms with van der Waals surface area (Å²) < 4.78 is 6.06. The Bertz CT molecular complexity index is 978. The van der Waals surface area contributed by atoms with Crippen molar-refractivity contribution in [3.05, 3.63) is 41.3 Å². The number of amides is 3. The summed E-state index contributed by atoms with van der Waals surface area (Å²) in [7, 11) is 0. The van der Waals surface area contributed by atoms with Crippen molar-refractivity contribution in [3.63, 3.8) is 0 Å². The van der Waals surface area contributed by atoms with Gasteiger partial charge in [0.25, 0.3) is 5.91 Å². The molecular weight excluding hydrogens is 398 g/mol. The van der Waals surface area contributed by atoms with E-state index in [2.05, 4.69) is 15.6 Å². The molecule has 0 aliphatic heterocycles. The van der Waals surface area contributed by atoms with Gasteiger partial charge in [-0.3, -0.25) is 10.1 Å². The molecule has 3 aromatic rings. The Morgan fingerprint density at radius 3 is 2.68 bits per heavy atom. The lowest BCUT2D eigenvalue weighted by Gasteiger charge is -2.11. The maximum atomic E-state index is 12.2. The number of thiazole rings is 1. The zero-order valence-corrected chi connectivity index (χ0v) is 17.0. The number of hydrogen-bond donors (Lipinski definition) is 2. The summed E-state index contributed by atoms with van der Waals surface area (Å²) in [6, 6.07) is 10.6. The molecule has 0 saturated carbocycles. The molecule has 1 aromatic carbocycles. The molecule has 0 aliphatic carbocycles. The molecule has 3 rings (SSSR count). The second-order valence-electron chi connectivity index (χ2n) is 6.06. The maximum Gasteiger partial charge on any atom is 0.348 e. The number of thiophene rings is 1. The van der Waals surface area contributed by atoms with E-state index in [4.69, 9.17) is 4.74 Å². The summed E-state index contributed by atoms with van der Waals surface area (Å²) in [5.41, 5.74) is 0.910. The first-order chi connectivity index (χ1) is 13.5. The van der Waals surface area contributed by atoms with E-state index in [0.717, 1.165) is 26.5 Å². The lowest BCUT2D eigenvalue weighted by molar-refractivity contribution is -0.123. The Balaban J connectivity index is 1.55. The van der Waals surface area contributed by atoms with Crippen LogP contribution in [0.15, 0.2) is 36.4 Å². The highest BCUT2D eigenvalue weighted by atomic mass is 32.1. The lowest BCUT2D eigenvalue weighted by Crippen LogP contribution is -2.44. The quantitative estimate of drug-likeness (QED) is 0.595. The van der Waals surface area contributed by atoms with Gasteiger partial charge in [0.05, 0.1) is 15.1 Å². The third kappa shape index (κ3) is 4.93. The van der Waals surface area contributed by atoms with Crippen LogP contribution in [0.4, 0.5) is 4.79 Å². The monoisotopic (exact) mass is 417 g/mol. The first kappa shape index (κ1) is 20.0. The highest BCUT2D eigenvalue weighted by Crippen LogP contribution is 2.34. The Kier molecular flexibility index (Phi) is 6.37. The van der Waals surface area contributed by atoms with Crippen LogP contribution in [-0.2, 0) is 9.53 Å². The smallest absolute Gasteiger partial charge is 0.348 e. The Hall–Kier alpha value is -2.78. The number of esters is 1. The molecule has 1 atom stereocenters. The number of carbonyl (C=O) groups is 3. The minimum Gasteiger partial charge on any atom is -0.451 e. The van der Waals surface area contributed by atoms with Crippen LogP contribution in [-0.4, -0.2) is 35.5 Å². The predicted octanol–water partition coefficient (Wildman–Crippen LogP) is 3.81. The van der Waals surface area contributed by atoms with Crippen LogP contribution in [0.3, 0.4) is 0 Å². The molecule has 0 fully saturated rings. The molecular formula is C19H19N3O4S2. The van der Waals surface area contributed by atoms with Crippen molar-refractivity contribution in [2.24, 2.45) is 0 Å². The van der Waals surface area contributed by atoms with E-state index in [1.54, 1.807) is 23.5 Å². The average molecular weight is 418 g/mol. The standard InChI is InChI=1S/C19H19N3O4S2/c1-3-11(2)20-19(25)22-16(23)10-26-18(24)15-9-8-14(27-15)17-21-12-6-4-5-7-13(12)28-17/h4-9,11H,3,10H2,1-2H3,(H2,20,22,23,25)/t11-/m1/s1. The minimum atomic E-state index is -0.683. The van der Waals surface area contributed by atoms with Gasteiger partial charge in [0, 0.05) is 6.04 Å². The van der Waals surface area contributed by atoms with Gasteiger partial charge >= 0.3 is 12.0 Å². The number of nitrogens with zero attached hydrogens (tertiary/aromatic N) is 1. The third-order valence-electron chi connectivity index (χ3n) is 3.89. The number of aromatic nitrogens is 1. The highest BCUT2D eigenvalue weighted by Gasteiger charge is 2.16. The predicted molar refractivity (Wildman–Crippen MR) is 110 cm³/mol.